The van der Waals surface area contributed by atoms with Crippen molar-refractivity contribution in [1.82, 2.24) is 0 Å². The summed E-state index contributed by atoms with van der Waals surface area (Å²) in [7, 11) is 0. The highest BCUT2D eigenvalue weighted by Gasteiger charge is 2.29. The van der Waals surface area contributed by atoms with Gasteiger partial charge in [-0.3, -0.25) is 0 Å². The Morgan fingerprint density at radius 2 is 2.42 bits per heavy atom. The lowest BCUT2D eigenvalue weighted by Gasteiger charge is -2.22. The van der Waals surface area contributed by atoms with Crippen molar-refractivity contribution < 1.29 is 14.4 Å². The van der Waals surface area contributed by atoms with Crippen LogP contribution in [0.1, 0.15) is 12.8 Å². The van der Waals surface area contributed by atoms with Gasteiger partial charge in [-0.15, -0.1) is 0 Å². The van der Waals surface area contributed by atoms with Crippen molar-refractivity contribution in [3.63, 3.8) is 0 Å². The minimum absolute atomic E-state index is 0.263. The van der Waals surface area contributed by atoms with Crippen LogP contribution in [0.5, 0.6) is 0 Å². The highest BCUT2D eigenvalue weighted by Crippen LogP contribution is 2.16. The summed E-state index contributed by atoms with van der Waals surface area (Å²) < 4.78 is 5.01. The molecule has 0 amide bonds. The first-order valence-electron chi connectivity index (χ1n) is 3.62. The summed E-state index contributed by atoms with van der Waals surface area (Å²) in [5, 5.41) is 2.84. The minimum Gasteiger partial charge on any atom is -0.371 e. The number of carbonyl (C=O) groups excluding carboxylic acids is 1. The van der Waals surface area contributed by atoms with E-state index in [4.69, 9.17) is 4.74 Å². The van der Waals surface area contributed by atoms with E-state index >= 15 is 0 Å². The van der Waals surface area contributed by atoms with Crippen LogP contribution >= 0.6 is 0 Å². The van der Waals surface area contributed by atoms with E-state index in [0.717, 1.165) is 0 Å². The van der Waals surface area contributed by atoms with Crippen LogP contribution in [0.15, 0.2) is 5.18 Å². The van der Waals surface area contributed by atoms with Crippen molar-refractivity contribution in [1.29, 1.82) is 0 Å². The third-order valence-electron chi connectivity index (χ3n) is 1.78. The normalized spacial score (nSPS) is 29.4. The third kappa shape index (κ3) is 1.99. The van der Waals surface area contributed by atoms with E-state index in [1.54, 1.807) is 0 Å². The molecule has 1 fully saturated rings. The highest BCUT2D eigenvalue weighted by molar-refractivity contribution is 5.74. The zero-order valence-electron chi connectivity index (χ0n) is 6.43. The first-order chi connectivity index (χ1) is 5.77. The molecule has 0 aliphatic carbocycles. The van der Waals surface area contributed by atoms with Crippen LogP contribution in [-0.4, -0.2) is 24.7 Å². The fraction of sp³-hybridized carbons (Fsp3) is 0.833. The van der Waals surface area contributed by atoms with Gasteiger partial charge in [0.25, 0.3) is 0 Å². The summed E-state index contributed by atoms with van der Waals surface area (Å²) in [5.74, 6) is 4.00. The average molecular weight is 174 g/mol. The zero-order chi connectivity index (χ0) is 8.97. The fourth-order valence-corrected chi connectivity index (χ4v) is 1.12. The Balaban J connectivity index is 2.45. The fourth-order valence-electron chi connectivity index (χ4n) is 1.12. The number of nitroso groups, excluding NO2 is 1. The van der Waals surface area contributed by atoms with Gasteiger partial charge in [0.05, 0.1) is 6.04 Å². The molecule has 1 saturated heterocycles. The number of rotatable bonds is 2. The Hall–Kier alpha value is -1.01. The lowest BCUT2D eigenvalue weighted by molar-refractivity contribution is -0.161. The number of hydrogen-bond acceptors (Lipinski definition) is 6. The molecule has 0 aromatic carbocycles. The summed E-state index contributed by atoms with van der Waals surface area (Å²) in [4.78, 5) is 24.9. The minimum atomic E-state index is -0.730. The molecule has 6 heteroatoms. The molecule has 0 radical (unpaired) electrons. The van der Waals surface area contributed by atoms with Gasteiger partial charge in [0.1, 0.15) is 0 Å². The van der Waals surface area contributed by atoms with Gasteiger partial charge >= 0.3 is 5.97 Å². The maximum Gasteiger partial charge on any atom is 0.353 e. The molecule has 0 aromatic rings. The number of carbonyl (C=O) groups is 1. The molecule has 12 heavy (non-hydrogen) atoms. The Kier molecular flexibility index (Phi) is 3.12. The van der Waals surface area contributed by atoms with Gasteiger partial charge in [0, 0.05) is 13.0 Å². The first-order valence-corrected chi connectivity index (χ1v) is 3.62. The average Bonchev–Trinajstić information content (AvgIpc) is 2.17. The molecule has 68 valence electrons. The van der Waals surface area contributed by atoms with E-state index in [1.165, 1.54) is 0 Å². The molecule has 2 N–H and O–H groups in total. The maximum absolute atomic E-state index is 10.8. The molecule has 1 aliphatic heterocycles. The second-order valence-electron chi connectivity index (χ2n) is 2.58. The molecule has 1 heterocycles. The van der Waals surface area contributed by atoms with Crippen LogP contribution in [0.2, 0.25) is 0 Å². The van der Waals surface area contributed by atoms with Gasteiger partial charge in [0.2, 0.25) is 0 Å². The maximum atomic E-state index is 10.8. The Bertz CT molecular complexity index is 184. The summed E-state index contributed by atoms with van der Waals surface area (Å²) in [6.07, 6.45) is 0.0867. The van der Waals surface area contributed by atoms with Gasteiger partial charge in [-0.2, -0.15) is 10.8 Å². The molecule has 0 spiro atoms. The van der Waals surface area contributed by atoms with E-state index in [9.17, 15) is 9.70 Å². The van der Waals surface area contributed by atoms with E-state index in [1.807, 2.05) is 0 Å². The SMILES string of the molecule is NOC(=O)[C@@H]1C[C@H](N=O)CCO1. The Labute approximate surface area is 68.9 Å². The van der Waals surface area contributed by atoms with Gasteiger partial charge in [0.15, 0.2) is 6.10 Å². The van der Waals surface area contributed by atoms with Gasteiger partial charge in [-0.1, -0.05) is 5.18 Å². The summed E-state index contributed by atoms with van der Waals surface area (Å²) in [6.45, 7) is 0.343. The zero-order valence-corrected chi connectivity index (χ0v) is 6.43. The molecule has 1 aliphatic rings. The molecular weight excluding hydrogens is 164 g/mol. The van der Waals surface area contributed by atoms with Crippen LogP contribution in [0.3, 0.4) is 0 Å². The van der Waals surface area contributed by atoms with Crippen molar-refractivity contribution in [2.24, 2.45) is 11.1 Å². The number of nitrogens with two attached hydrogens (primary N) is 1. The molecule has 6 nitrogen and oxygen atoms in total. The molecule has 2 atom stereocenters. The second-order valence-corrected chi connectivity index (χ2v) is 2.58. The van der Waals surface area contributed by atoms with Crippen molar-refractivity contribution in [2.75, 3.05) is 6.61 Å². The van der Waals surface area contributed by atoms with Gasteiger partial charge < -0.3 is 9.57 Å². The van der Waals surface area contributed by atoms with Crippen molar-refractivity contribution in [2.45, 2.75) is 25.0 Å². The van der Waals surface area contributed by atoms with Crippen LogP contribution in [-0.2, 0) is 14.4 Å². The largest absolute Gasteiger partial charge is 0.371 e. The van der Waals surface area contributed by atoms with Crippen LogP contribution in [0.4, 0.5) is 0 Å². The summed E-state index contributed by atoms with van der Waals surface area (Å²) >= 11 is 0. The monoisotopic (exact) mass is 174 g/mol. The number of ether oxygens (including phenoxy) is 1. The first kappa shape index (κ1) is 9.08. The van der Waals surface area contributed by atoms with Crippen molar-refractivity contribution in [3.8, 4) is 0 Å². The Morgan fingerprint density at radius 3 is 3.00 bits per heavy atom. The van der Waals surface area contributed by atoms with Crippen molar-refractivity contribution in [3.05, 3.63) is 4.91 Å². The lowest BCUT2D eigenvalue weighted by atomic mass is 10.0. The molecular formula is C6H10N2O4. The third-order valence-corrected chi connectivity index (χ3v) is 1.78. The predicted molar refractivity (Wildman–Crippen MR) is 38.8 cm³/mol. The van der Waals surface area contributed by atoms with Crippen molar-refractivity contribution >= 4 is 5.97 Å². The summed E-state index contributed by atoms with van der Waals surface area (Å²) in [5.41, 5.74) is 0. The molecule has 1 rings (SSSR count). The highest BCUT2D eigenvalue weighted by atomic mass is 16.7. The van der Waals surface area contributed by atoms with Gasteiger partial charge in [-0.05, 0) is 6.42 Å². The van der Waals surface area contributed by atoms with E-state index in [0.29, 0.717) is 13.0 Å². The molecule has 0 saturated carbocycles. The van der Waals surface area contributed by atoms with E-state index in [2.05, 4.69) is 15.9 Å². The smallest absolute Gasteiger partial charge is 0.353 e. The topological polar surface area (TPSA) is 91.0 Å². The number of hydrogen-bond donors (Lipinski definition) is 1. The quantitative estimate of drug-likeness (QED) is 0.459. The van der Waals surface area contributed by atoms with E-state index in [-0.39, 0.29) is 12.5 Å². The molecule has 0 aromatic heterocycles. The molecule has 0 bridgehead atoms. The predicted octanol–water partition coefficient (Wildman–Crippen LogP) is -0.283. The van der Waals surface area contributed by atoms with Crippen LogP contribution < -0.4 is 5.90 Å². The van der Waals surface area contributed by atoms with Crippen LogP contribution in [0.25, 0.3) is 0 Å². The van der Waals surface area contributed by atoms with Gasteiger partial charge in [-0.25, -0.2) is 4.79 Å². The second kappa shape index (κ2) is 4.13. The summed E-state index contributed by atoms with van der Waals surface area (Å²) in [6, 6.07) is -0.358. The van der Waals surface area contributed by atoms with Crippen LogP contribution in [0, 0.1) is 4.91 Å². The standard InChI is InChI=1S/C6H10N2O4/c7-12-6(9)5-3-4(8-10)1-2-11-5/h4-5H,1-3,7H2/t4-,5+/m1/s1. The molecule has 0 unspecified atom stereocenters. The Morgan fingerprint density at radius 1 is 1.67 bits per heavy atom. The van der Waals surface area contributed by atoms with E-state index < -0.39 is 12.1 Å². The number of nitrogens with zero attached hydrogens (tertiary/aromatic N) is 1. The lowest BCUT2D eigenvalue weighted by Crippen LogP contribution is -2.36.